The molecule has 0 aliphatic carbocycles. The number of likely N-dealkylation sites (tertiary alicyclic amines) is 1. The maximum absolute atomic E-state index is 15.1. The minimum atomic E-state index is -1.42. The van der Waals surface area contributed by atoms with Gasteiger partial charge in [-0.25, -0.2) is 9.18 Å². The molecule has 2 rings (SSSR count). The van der Waals surface area contributed by atoms with Crippen molar-refractivity contribution in [2.45, 2.75) is 70.9 Å². The van der Waals surface area contributed by atoms with Gasteiger partial charge in [0.15, 0.2) is 0 Å². The largest absolute Gasteiger partial charge is 0.385 e. The number of nitrogens with zero attached hydrogens (tertiary/aromatic N) is 1. The van der Waals surface area contributed by atoms with Gasteiger partial charge in [-0.1, -0.05) is 44.5 Å². The van der Waals surface area contributed by atoms with Crippen LogP contribution in [-0.4, -0.2) is 62.5 Å². The van der Waals surface area contributed by atoms with Crippen LogP contribution in [0.1, 0.15) is 64.9 Å². The van der Waals surface area contributed by atoms with Gasteiger partial charge in [-0.05, 0) is 57.1 Å². The van der Waals surface area contributed by atoms with E-state index in [0.29, 0.717) is 45.5 Å². The van der Waals surface area contributed by atoms with Gasteiger partial charge in [-0.2, -0.15) is 0 Å². The predicted molar refractivity (Wildman–Crippen MR) is 136 cm³/mol. The standard InChI is InChI=1S/C26H43ClFN3O3/c1-25(2,3)16-20(17-29-4)30-24(32)31-14-9-10-19(18-31)26(33,13-6-7-15-34-5)21-11-8-12-22(27)23(21)28/h8,11-12,19-20,29,33H,6-7,9-10,13-18H2,1-5H3,(H,30,32)/t19?,20?,26-/m1/s1. The lowest BCUT2D eigenvalue weighted by Crippen LogP contribution is -2.54. The monoisotopic (exact) mass is 499 g/mol. The van der Waals surface area contributed by atoms with Crippen LogP contribution < -0.4 is 10.6 Å². The van der Waals surface area contributed by atoms with Crippen LogP contribution in [0.2, 0.25) is 5.02 Å². The molecule has 1 fully saturated rings. The molecule has 1 aromatic rings. The zero-order valence-corrected chi connectivity index (χ0v) is 22.2. The van der Waals surface area contributed by atoms with Crippen LogP contribution in [0.4, 0.5) is 9.18 Å². The van der Waals surface area contributed by atoms with Gasteiger partial charge in [-0.15, -0.1) is 0 Å². The summed E-state index contributed by atoms with van der Waals surface area (Å²) >= 11 is 6.07. The molecule has 0 saturated carbocycles. The topological polar surface area (TPSA) is 73.8 Å². The number of methoxy groups -OCH3 is 1. The maximum Gasteiger partial charge on any atom is 0.317 e. The molecule has 0 aromatic heterocycles. The number of hydrogen-bond acceptors (Lipinski definition) is 4. The van der Waals surface area contributed by atoms with Crippen molar-refractivity contribution in [3.05, 3.63) is 34.6 Å². The number of ether oxygens (including phenoxy) is 1. The Morgan fingerprint density at radius 1 is 1.35 bits per heavy atom. The van der Waals surface area contributed by atoms with Gasteiger partial charge in [0.05, 0.1) is 10.6 Å². The Kier molecular flexibility index (Phi) is 11.1. The molecular formula is C26H43ClFN3O3. The number of carbonyl (C=O) groups excluding carboxylic acids is 1. The zero-order chi connectivity index (χ0) is 25.4. The fraction of sp³-hybridized carbons (Fsp3) is 0.731. The van der Waals surface area contributed by atoms with Crippen LogP contribution in [0.15, 0.2) is 18.2 Å². The summed E-state index contributed by atoms with van der Waals surface area (Å²) in [5.74, 6) is -0.882. The number of likely N-dealkylation sites (N-methyl/N-ethyl adjacent to an activating group) is 1. The molecule has 1 saturated heterocycles. The number of urea groups is 1. The van der Waals surface area contributed by atoms with E-state index in [1.807, 2.05) is 7.05 Å². The molecule has 194 valence electrons. The average molecular weight is 500 g/mol. The van der Waals surface area contributed by atoms with Gasteiger partial charge in [0.2, 0.25) is 0 Å². The number of carbonyl (C=O) groups is 1. The normalized spacial score (nSPS) is 19.5. The van der Waals surface area contributed by atoms with Gasteiger partial charge in [0.25, 0.3) is 0 Å². The Morgan fingerprint density at radius 3 is 2.74 bits per heavy atom. The van der Waals surface area contributed by atoms with E-state index in [1.165, 1.54) is 6.07 Å². The van der Waals surface area contributed by atoms with Gasteiger partial charge in [0, 0.05) is 50.9 Å². The van der Waals surface area contributed by atoms with Crippen molar-refractivity contribution in [3.8, 4) is 0 Å². The highest BCUT2D eigenvalue weighted by Gasteiger charge is 2.43. The molecule has 1 aliphatic heterocycles. The van der Waals surface area contributed by atoms with Crippen LogP contribution >= 0.6 is 11.6 Å². The molecule has 3 atom stereocenters. The van der Waals surface area contributed by atoms with E-state index in [4.69, 9.17) is 16.3 Å². The van der Waals surface area contributed by atoms with E-state index in [1.54, 1.807) is 24.1 Å². The van der Waals surface area contributed by atoms with Crippen LogP contribution in [0, 0.1) is 17.2 Å². The number of amides is 2. The molecule has 3 N–H and O–H groups in total. The molecule has 0 radical (unpaired) electrons. The number of unbranched alkanes of at least 4 members (excludes halogenated alkanes) is 1. The molecular weight excluding hydrogens is 457 g/mol. The van der Waals surface area contributed by atoms with Gasteiger partial charge in [-0.3, -0.25) is 0 Å². The third-order valence-corrected chi connectivity index (χ3v) is 6.89. The fourth-order valence-corrected chi connectivity index (χ4v) is 5.19. The number of benzene rings is 1. The lowest BCUT2D eigenvalue weighted by atomic mass is 9.74. The Morgan fingerprint density at radius 2 is 2.09 bits per heavy atom. The van der Waals surface area contributed by atoms with Crippen molar-refractivity contribution >= 4 is 17.6 Å². The van der Waals surface area contributed by atoms with Crippen LogP contribution in [0.3, 0.4) is 0 Å². The van der Waals surface area contributed by atoms with Crippen molar-refractivity contribution in [1.82, 2.24) is 15.5 Å². The average Bonchev–Trinajstić information content (AvgIpc) is 2.77. The summed E-state index contributed by atoms with van der Waals surface area (Å²) in [6.45, 7) is 8.69. The summed E-state index contributed by atoms with van der Waals surface area (Å²) in [6.07, 6.45) is 4.11. The summed E-state index contributed by atoms with van der Waals surface area (Å²) < 4.78 is 20.2. The highest BCUT2D eigenvalue weighted by molar-refractivity contribution is 6.30. The Labute approximate surface area is 209 Å². The first-order valence-electron chi connectivity index (χ1n) is 12.4. The minimum absolute atomic E-state index is 0.00354. The molecule has 8 heteroatoms. The minimum Gasteiger partial charge on any atom is -0.385 e. The van der Waals surface area contributed by atoms with Crippen molar-refractivity contribution in [3.63, 3.8) is 0 Å². The van der Waals surface area contributed by atoms with E-state index >= 15 is 4.39 Å². The van der Waals surface area contributed by atoms with E-state index in [2.05, 4.69) is 31.4 Å². The zero-order valence-electron chi connectivity index (χ0n) is 21.4. The Hall–Kier alpha value is -1.41. The smallest absolute Gasteiger partial charge is 0.317 e. The Bertz CT molecular complexity index is 789. The predicted octanol–water partition coefficient (Wildman–Crippen LogP) is 4.93. The third-order valence-electron chi connectivity index (χ3n) is 6.60. The highest BCUT2D eigenvalue weighted by atomic mass is 35.5. The second-order valence-corrected chi connectivity index (χ2v) is 11.1. The Balaban J connectivity index is 2.22. The molecule has 0 bridgehead atoms. The van der Waals surface area contributed by atoms with Crippen molar-refractivity contribution in [1.29, 1.82) is 0 Å². The maximum atomic E-state index is 15.1. The number of aliphatic hydroxyl groups is 1. The number of piperidine rings is 1. The highest BCUT2D eigenvalue weighted by Crippen LogP contribution is 2.42. The summed E-state index contributed by atoms with van der Waals surface area (Å²) in [5, 5.41) is 18.2. The summed E-state index contributed by atoms with van der Waals surface area (Å²) in [6, 6.07) is 4.63. The lowest BCUT2D eigenvalue weighted by molar-refractivity contribution is -0.0587. The van der Waals surface area contributed by atoms with Crippen LogP contribution in [0.25, 0.3) is 0 Å². The lowest BCUT2D eigenvalue weighted by Gasteiger charge is -2.43. The second-order valence-electron chi connectivity index (χ2n) is 10.7. The quantitative estimate of drug-likeness (QED) is 0.377. The second kappa shape index (κ2) is 13.1. The molecule has 34 heavy (non-hydrogen) atoms. The summed E-state index contributed by atoms with van der Waals surface area (Å²) in [5.41, 5.74) is -1.13. The molecule has 2 amide bonds. The molecule has 2 unspecified atom stereocenters. The third kappa shape index (κ3) is 8.08. The van der Waals surface area contributed by atoms with Crippen molar-refractivity contribution in [2.75, 3.05) is 40.4 Å². The molecule has 1 aliphatic rings. The van der Waals surface area contributed by atoms with E-state index in [-0.39, 0.29) is 34.0 Å². The number of nitrogens with one attached hydrogen (secondary N) is 2. The van der Waals surface area contributed by atoms with E-state index in [0.717, 1.165) is 19.3 Å². The first-order valence-corrected chi connectivity index (χ1v) is 12.8. The van der Waals surface area contributed by atoms with Gasteiger partial charge in [0.1, 0.15) is 5.82 Å². The SMILES string of the molecule is CNCC(CC(C)(C)C)NC(=O)N1CCCC([C@](O)(CCCCOC)c2cccc(Cl)c2F)C1. The summed E-state index contributed by atoms with van der Waals surface area (Å²) in [7, 11) is 3.52. The first kappa shape index (κ1) is 28.8. The fourth-order valence-electron chi connectivity index (χ4n) is 5.01. The van der Waals surface area contributed by atoms with E-state index < -0.39 is 11.4 Å². The van der Waals surface area contributed by atoms with Crippen LogP contribution in [-0.2, 0) is 10.3 Å². The molecule has 0 spiro atoms. The van der Waals surface area contributed by atoms with Crippen molar-refractivity contribution in [2.24, 2.45) is 11.3 Å². The molecule has 1 aromatic carbocycles. The summed E-state index contributed by atoms with van der Waals surface area (Å²) in [4.78, 5) is 15.0. The first-order chi connectivity index (χ1) is 16.0. The van der Waals surface area contributed by atoms with Crippen molar-refractivity contribution < 1.29 is 19.0 Å². The van der Waals surface area contributed by atoms with E-state index in [9.17, 15) is 9.90 Å². The molecule has 6 nitrogen and oxygen atoms in total. The number of halogens is 2. The number of hydrogen-bond donors (Lipinski definition) is 3. The van der Waals surface area contributed by atoms with Crippen LogP contribution in [0.5, 0.6) is 0 Å². The van der Waals surface area contributed by atoms with Gasteiger partial charge < -0.3 is 25.4 Å². The number of rotatable bonds is 11. The van der Waals surface area contributed by atoms with Gasteiger partial charge >= 0.3 is 6.03 Å². The molecule has 1 heterocycles.